The second-order valence-electron chi connectivity index (χ2n) is 5.51. The first-order valence-electron chi connectivity index (χ1n) is 7.48. The summed E-state index contributed by atoms with van der Waals surface area (Å²) in [6.07, 6.45) is 1.69. The number of nitrogens with one attached hydrogen (secondary N) is 2. The van der Waals surface area contributed by atoms with Crippen molar-refractivity contribution in [2.24, 2.45) is 0 Å². The number of anilines is 2. The molecule has 2 aromatic heterocycles. The van der Waals surface area contributed by atoms with E-state index in [9.17, 15) is 5.11 Å². The van der Waals surface area contributed by atoms with Crippen LogP contribution in [0, 0.1) is 0 Å². The maximum Gasteiger partial charge on any atom is 0.223 e. The van der Waals surface area contributed by atoms with Gasteiger partial charge in [-0.1, -0.05) is 0 Å². The Bertz CT molecular complexity index is 631. The molecule has 7 heteroatoms. The quantitative estimate of drug-likeness (QED) is 0.577. The highest BCUT2D eigenvalue weighted by Crippen LogP contribution is 2.24. The molecule has 0 saturated carbocycles. The summed E-state index contributed by atoms with van der Waals surface area (Å²) < 4.78 is 0. The van der Waals surface area contributed by atoms with E-state index in [-0.39, 0.29) is 12.6 Å². The van der Waals surface area contributed by atoms with Gasteiger partial charge in [-0.25, -0.2) is 15.0 Å². The van der Waals surface area contributed by atoms with Gasteiger partial charge < -0.3 is 20.8 Å². The molecule has 22 heavy (non-hydrogen) atoms. The SMILES string of the molecule is CC(C)Nc1nc([C@@H](C)O)cc2cnc(NCCCO)nc12. The summed E-state index contributed by atoms with van der Waals surface area (Å²) in [4.78, 5) is 13.2. The largest absolute Gasteiger partial charge is 0.396 e. The van der Waals surface area contributed by atoms with Crippen molar-refractivity contribution in [3.8, 4) is 0 Å². The molecular weight excluding hydrogens is 282 g/mol. The Labute approximate surface area is 129 Å². The molecule has 120 valence electrons. The summed E-state index contributed by atoms with van der Waals surface area (Å²) in [5.41, 5.74) is 1.29. The van der Waals surface area contributed by atoms with Gasteiger partial charge in [0, 0.05) is 30.8 Å². The number of fused-ring (bicyclic) bond motifs is 1. The van der Waals surface area contributed by atoms with Crippen LogP contribution in [0.2, 0.25) is 0 Å². The highest BCUT2D eigenvalue weighted by molar-refractivity contribution is 5.88. The van der Waals surface area contributed by atoms with Crippen molar-refractivity contribution < 1.29 is 10.2 Å². The maximum atomic E-state index is 9.77. The molecule has 0 aliphatic carbocycles. The molecule has 0 aliphatic rings. The average Bonchev–Trinajstić information content (AvgIpc) is 2.47. The van der Waals surface area contributed by atoms with E-state index < -0.39 is 6.10 Å². The molecule has 0 saturated heterocycles. The van der Waals surface area contributed by atoms with Gasteiger partial charge in [0.05, 0.1) is 11.8 Å². The molecule has 4 N–H and O–H groups in total. The van der Waals surface area contributed by atoms with Crippen LogP contribution in [-0.2, 0) is 0 Å². The van der Waals surface area contributed by atoms with Crippen LogP contribution >= 0.6 is 0 Å². The topological polar surface area (TPSA) is 103 Å². The predicted molar refractivity (Wildman–Crippen MR) is 86.9 cm³/mol. The molecule has 0 aromatic carbocycles. The van der Waals surface area contributed by atoms with Crippen molar-refractivity contribution in [1.29, 1.82) is 0 Å². The number of aliphatic hydroxyl groups excluding tert-OH is 2. The van der Waals surface area contributed by atoms with Crippen LogP contribution in [0.5, 0.6) is 0 Å². The molecule has 0 amide bonds. The molecule has 2 aromatic rings. The van der Waals surface area contributed by atoms with Crippen molar-refractivity contribution in [3.63, 3.8) is 0 Å². The minimum absolute atomic E-state index is 0.125. The zero-order valence-corrected chi connectivity index (χ0v) is 13.2. The summed E-state index contributed by atoms with van der Waals surface area (Å²) in [6, 6.07) is 1.99. The zero-order valence-electron chi connectivity index (χ0n) is 13.2. The first kappa shape index (κ1) is 16.4. The van der Waals surface area contributed by atoms with Gasteiger partial charge in [0.1, 0.15) is 5.52 Å². The van der Waals surface area contributed by atoms with Crippen molar-refractivity contribution >= 4 is 22.7 Å². The Morgan fingerprint density at radius 3 is 2.64 bits per heavy atom. The Morgan fingerprint density at radius 2 is 2.00 bits per heavy atom. The lowest BCUT2D eigenvalue weighted by Gasteiger charge is -2.15. The first-order chi connectivity index (χ1) is 10.5. The minimum Gasteiger partial charge on any atom is -0.396 e. The zero-order chi connectivity index (χ0) is 16.1. The average molecular weight is 305 g/mol. The van der Waals surface area contributed by atoms with E-state index in [4.69, 9.17) is 5.11 Å². The Balaban J connectivity index is 2.42. The second-order valence-corrected chi connectivity index (χ2v) is 5.51. The van der Waals surface area contributed by atoms with Crippen LogP contribution in [0.4, 0.5) is 11.8 Å². The summed E-state index contributed by atoms with van der Waals surface area (Å²) in [5.74, 6) is 1.13. The lowest BCUT2D eigenvalue weighted by Crippen LogP contribution is -2.14. The molecule has 7 nitrogen and oxygen atoms in total. The van der Waals surface area contributed by atoms with Crippen molar-refractivity contribution in [1.82, 2.24) is 15.0 Å². The van der Waals surface area contributed by atoms with Crippen LogP contribution in [0.1, 0.15) is 39.0 Å². The molecule has 0 radical (unpaired) electrons. The van der Waals surface area contributed by atoms with E-state index in [0.717, 1.165) is 5.39 Å². The number of rotatable bonds is 7. The molecule has 2 heterocycles. The lowest BCUT2D eigenvalue weighted by molar-refractivity contribution is 0.194. The molecule has 2 rings (SSSR count). The summed E-state index contributed by atoms with van der Waals surface area (Å²) in [5, 5.41) is 25.7. The van der Waals surface area contributed by atoms with Crippen LogP contribution in [0.25, 0.3) is 10.9 Å². The molecule has 0 aliphatic heterocycles. The summed E-state index contributed by atoms with van der Waals surface area (Å²) in [6.45, 7) is 6.45. The van der Waals surface area contributed by atoms with Gasteiger partial charge in [-0.05, 0) is 33.3 Å². The van der Waals surface area contributed by atoms with E-state index in [1.54, 1.807) is 19.2 Å². The number of hydrogen-bond acceptors (Lipinski definition) is 7. The fourth-order valence-electron chi connectivity index (χ4n) is 2.01. The highest BCUT2D eigenvalue weighted by atomic mass is 16.3. The fraction of sp³-hybridized carbons (Fsp3) is 0.533. The third kappa shape index (κ3) is 4.02. The third-order valence-corrected chi connectivity index (χ3v) is 3.06. The molecule has 0 fully saturated rings. The number of aromatic nitrogens is 3. The first-order valence-corrected chi connectivity index (χ1v) is 7.48. The van der Waals surface area contributed by atoms with Crippen LogP contribution < -0.4 is 10.6 Å². The Hall–Kier alpha value is -1.99. The lowest BCUT2D eigenvalue weighted by atomic mass is 10.2. The van der Waals surface area contributed by atoms with Gasteiger partial charge in [0.2, 0.25) is 5.95 Å². The fourth-order valence-corrected chi connectivity index (χ4v) is 2.01. The molecule has 1 atom stereocenters. The normalized spacial score (nSPS) is 12.6. The number of pyridine rings is 1. The minimum atomic E-state index is -0.653. The van der Waals surface area contributed by atoms with E-state index in [2.05, 4.69) is 25.6 Å². The van der Waals surface area contributed by atoms with Gasteiger partial charge >= 0.3 is 0 Å². The van der Waals surface area contributed by atoms with Crippen LogP contribution in [0.15, 0.2) is 12.3 Å². The van der Waals surface area contributed by atoms with Gasteiger partial charge in [0.25, 0.3) is 0 Å². The molecule has 0 spiro atoms. The third-order valence-electron chi connectivity index (χ3n) is 3.06. The number of nitrogens with zero attached hydrogens (tertiary/aromatic N) is 3. The second kappa shape index (κ2) is 7.33. The standard InChI is InChI=1S/C15H23N5O2/c1-9(2)18-14-13-11(7-12(19-14)10(3)22)8-17-15(20-13)16-5-4-6-21/h7-10,21-22H,4-6H2,1-3H3,(H,18,19)(H,16,17,20)/t10-/m1/s1. The van der Waals surface area contributed by atoms with E-state index in [1.807, 2.05) is 13.8 Å². The maximum absolute atomic E-state index is 9.77. The van der Waals surface area contributed by atoms with Crippen molar-refractivity contribution in [3.05, 3.63) is 18.0 Å². The van der Waals surface area contributed by atoms with Crippen molar-refractivity contribution in [2.75, 3.05) is 23.8 Å². The Kier molecular flexibility index (Phi) is 5.46. The van der Waals surface area contributed by atoms with Crippen LogP contribution in [-0.4, -0.2) is 44.4 Å². The van der Waals surface area contributed by atoms with Crippen molar-refractivity contribution in [2.45, 2.75) is 39.3 Å². The molecule has 0 bridgehead atoms. The van der Waals surface area contributed by atoms with E-state index in [1.165, 1.54) is 0 Å². The predicted octanol–water partition coefficient (Wildman–Crippen LogP) is 1.69. The van der Waals surface area contributed by atoms with E-state index in [0.29, 0.717) is 35.9 Å². The molecular formula is C15H23N5O2. The summed E-state index contributed by atoms with van der Waals surface area (Å²) >= 11 is 0. The van der Waals surface area contributed by atoms with Crippen LogP contribution in [0.3, 0.4) is 0 Å². The van der Waals surface area contributed by atoms with Gasteiger partial charge in [-0.15, -0.1) is 0 Å². The summed E-state index contributed by atoms with van der Waals surface area (Å²) in [7, 11) is 0. The van der Waals surface area contributed by atoms with Gasteiger partial charge in [-0.3, -0.25) is 0 Å². The number of hydrogen-bond donors (Lipinski definition) is 4. The van der Waals surface area contributed by atoms with Gasteiger partial charge in [0.15, 0.2) is 5.82 Å². The number of aliphatic hydroxyl groups is 2. The monoisotopic (exact) mass is 305 g/mol. The Morgan fingerprint density at radius 1 is 1.23 bits per heavy atom. The smallest absolute Gasteiger partial charge is 0.223 e. The van der Waals surface area contributed by atoms with E-state index >= 15 is 0 Å². The molecule has 0 unspecified atom stereocenters. The highest BCUT2D eigenvalue weighted by Gasteiger charge is 2.12. The van der Waals surface area contributed by atoms with Gasteiger partial charge in [-0.2, -0.15) is 0 Å².